The van der Waals surface area contributed by atoms with Gasteiger partial charge in [0.25, 0.3) is 0 Å². The molecule has 0 saturated carbocycles. The Labute approximate surface area is 137 Å². The maximum Gasteiger partial charge on any atom is 0.225 e. The Morgan fingerprint density at radius 3 is 2.95 bits per heavy atom. The van der Waals surface area contributed by atoms with Gasteiger partial charge in [0, 0.05) is 31.0 Å². The minimum absolute atomic E-state index is 0.0675. The van der Waals surface area contributed by atoms with E-state index in [2.05, 4.69) is 17.3 Å². The molecule has 0 aliphatic carbocycles. The summed E-state index contributed by atoms with van der Waals surface area (Å²) in [4.78, 5) is 15.4. The zero-order valence-corrected chi connectivity index (χ0v) is 14.3. The number of carbonyl (C=O) groups excluding carboxylic acids is 1. The fourth-order valence-corrected chi connectivity index (χ4v) is 3.20. The highest BCUT2D eigenvalue weighted by Gasteiger charge is 2.16. The van der Waals surface area contributed by atoms with Gasteiger partial charge in [0.1, 0.15) is 0 Å². The highest BCUT2D eigenvalue weighted by Crippen LogP contribution is 2.24. The second kappa shape index (κ2) is 9.18. The van der Waals surface area contributed by atoms with E-state index in [1.54, 1.807) is 11.8 Å². The molecule has 1 aliphatic rings. The van der Waals surface area contributed by atoms with Crippen molar-refractivity contribution in [1.82, 2.24) is 4.90 Å². The normalized spacial score (nSPS) is 18.4. The predicted octanol–water partition coefficient (Wildman–Crippen LogP) is 3.24. The molecular formula is C17H26N2O2S. The van der Waals surface area contributed by atoms with Gasteiger partial charge in [-0.3, -0.25) is 4.79 Å². The summed E-state index contributed by atoms with van der Waals surface area (Å²) in [6.07, 6.45) is 6.42. The second-order valence-electron chi connectivity index (χ2n) is 5.75. The Morgan fingerprint density at radius 2 is 2.23 bits per heavy atom. The number of rotatable bonds is 7. The van der Waals surface area contributed by atoms with Gasteiger partial charge in [0.2, 0.25) is 5.91 Å². The molecule has 1 amide bonds. The van der Waals surface area contributed by atoms with Crippen LogP contribution in [0, 0.1) is 0 Å². The van der Waals surface area contributed by atoms with Crippen LogP contribution in [0.3, 0.4) is 0 Å². The van der Waals surface area contributed by atoms with Crippen LogP contribution in [-0.2, 0) is 9.53 Å². The molecule has 0 radical (unpaired) electrons. The lowest BCUT2D eigenvalue weighted by atomic mass is 10.1. The number of hydrogen-bond donors (Lipinski definition) is 1. The first-order valence-electron chi connectivity index (χ1n) is 7.92. The van der Waals surface area contributed by atoms with Crippen LogP contribution in [0.1, 0.15) is 25.7 Å². The van der Waals surface area contributed by atoms with Crippen molar-refractivity contribution in [3.63, 3.8) is 0 Å². The number of ether oxygens (including phenoxy) is 1. The molecule has 22 heavy (non-hydrogen) atoms. The lowest BCUT2D eigenvalue weighted by Crippen LogP contribution is -2.35. The average molecular weight is 322 g/mol. The highest BCUT2D eigenvalue weighted by molar-refractivity contribution is 7.98. The lowest BCUT2D eigenvalue weighted by molar-refractivity contribution is -0.116. The fraction of sp³-hybridized carbons (Fsp3) is 0.588. The zero-order valence-electron chi connectivity index (χ0n) is 13.5. The summed E-state index contributed by atoms with van der Waals surface area (Å²) < 4.78 is 5.74. The van der Waals surface area contributed by atoms with Crippen LogP contribution >= 0.6 is 11.8 Å². The molecule has 1 atom stereocenters. The molecule has 1 aromatic rings. The standard InChI is InChI=1S/C17H26N2O2S/c1-19(13-14-7-5-6-12-21-14)11-10-17(20)18-15-8-3-4-9-16(15)22-2/h3-4,8-9,14H,5-7,10-13H2,1-2H3,(H,18,20). The van der Waals surface area contributed by atoms with E-state index >= 15 is 0 Å². The molecule has 0 bridgehead atoms. The smallest absolute Gasteiger partial charge is 0.225 e. The molecule has 0 aromatic heterocycles. The van der Waals surface area contributed by atoms with Gasteiger partial charge in [0.15, 0.2) is 0 Å². The third kappa shape index (κ3) is 5.63. The van der Waals surface area contributed by atoms with Crippen molar-refractivity contribution in [3.8, 4) is 0 Å². The molecule has 0 spiro atoms. The van der Waals surface area contributed by atoms with Crippen molar-refractivity contribution >= 4 is 23.4 Å². The van der Waals surface area contributed by atoms with Crippen molar-refractivity contribution in [3.05, 3.63) is 24.3 Å². The molecule has 2 rings (SSSR count). The van der Waals surface area contributed by atoms with Crippen LogP contribution < -0.4 is 5.32 Å². The number of nitrogens with zero attached hydrogens (tertiary/aromatic N) is 1. The van der Waals surface area contributed by atoms with Gasteiger partial charge in [-0.25, -0.2) is 0 Å². The number of anilines is 1. The molecule has 1 saturated heterocycles. The Kier molecular flexibility index (Phi) is 7.22. The number of benzene rings is 1. The van der Waals surface area contributed by atoms with Gasteiger partial charge in [-0.1, -0.05) is 12.1 Å². The summed E-state index contributed by atoms with van der Waals surface area (Å²) in [6.45, 7) is 2.55. The van der Waals surface area contributed by atoms with Crippen molar-refractivity contribution in [2.45, 2.75) is 36.7 Å². The first-order chi connectivity index (χ1) is 10.7. The number of carbonyl (C=O) groups is 1. The van der Waals surface area contributed by atoms with Crippen molar-refractivity contribution < 1.29 is 9.53 Å². The van der Waals surface area contributed by atoms with Crippen LogP contribution in [-0.4, -0.2) is 49.9 Å². The summed E-state index contributed by atoms with van der Waals surface area (Å²) in [5.74, 6) is 0.0675. The minimum Gasteiger partial charge on any atom is -0.377 e. The van der Waals surface area contributed by atoms with Gasteiger partial charge >= 0.3 is 0 Å². The molecule has 1 N–H and O–H groups in total. The van der Waals surface area contributed by atoms with E-state index < -0.39 is 0 Å². The molecule has 122 valence electrons. The third-order valence-corrected chi connectivity index (χ3v) is 4.69. The molecule has 1 aliphatic heterocycles. The molecule has 1 aromatic carbocycles. The summed E-state index contributed by atoms with van der Waals surface area (Å²) in [5, 5.41) is 3.00. The number of para-hydroxylation sites is 1. The SMILES string of the molecule is CSc1ccccc1NC(=O)CCN(C)CC1CCCCO1. The van der Waals surface area contributed by atoms with E-state index in [9.17, 15) is 4.79 Å². The highest BCUT2D eigenvalue weighted by atomic mass is 32.2. The Bertz CT molecular complexity index is 475. The molecule has 1 heterocycles. The Hall–Kier alpha value is -1.04. The van der Waals surface area contributed by atoms with Crippen LogP contribution in [0.4, 0.5) is 5.69 Å². The van der Waals surface area contributed by atoms with E-state index in [1.165, 1.54) is 12.8 Å². The molecule has 4 nitrogen and oxygen atoms in total. The molecule has 1 fully saturated rings. The first-order valence-corrected chi connectivity index (χ1v) is 9.14. The largest absolute Gasteiger partial charge is 0.377 e. The van der Waals surface area contributed by atoms with E-state index in [1.807, 2.05) is 30.5 Å². The monoisotopic (exact) mass is 322 g/mol. The number of thioether (sulfide) groups is 1. The van der Waals surface area contributed by atoms with Gasteiger partial charge in [-0.05, 0) is 44.7 Å². The zero-order chi connectivity index (χ0) is 15.8. The van der Waals surface area contributed by atoms with E-state index in [-0.39, 0.29) is 5.91 Å². The number of nitrogens with one attached hydrogen (secondary N) is 1. The van der Waals surface area contributed by atoms with Gasteiger partial charge in [-0.15, -0.1) is 11.8 Å². The van der Waals surface area contributed by atoms with Crippen molar-refractivity contribution in [2.75, 3.05) is 38.3 Å². The fourth-order valence-electron chi connectivity index (χ4n) is 2.64. The third-order valence-electron chi connectivity index (χ3n) is 3.89. The van der Waals surface area contributed by atoms with Crippen molar-refractivity contribution in [2.24, 2.45) is 0 Å². The minimum atomic E-state index is 0.0675. The topological polar surface area (TPSA) is 41.6 Å². The quantitative estimate of drug-likeness (QED) is 0.783. The number of amides is 1. The summed E-state index contributed by atoms with van der Waals surface area (Å²) in [5.41, 5.74) is 0.901. The number of likely N-dealkylation sites (N-methyl/N-ethyl adjacent to an activating group) is 1. The van der Waals surface area contributed by atoms with Crippen LogP contribution in [0.5, 0.6) is 0 Å². The Morgan fingerprint density at radius 1 is 1.41 bits per heavy atom. The first kappa shape index (κ1) is 17.3. The van der Waals surface area contributed by atoms with Crippen LogP contribution in [0.2, 0.25) is 0 Å². The second-order valence-corrected chi connectivity index (χ2v) is 6.60. The maximum absolute atomic E-state index is 12.1. The molecule has 5 heteroatoms. The van der Waals surface area contributed by atoms with Crippen LogP contribution in [0.15, 0.2) is 29.2 Å². The summed E-state index contributed by atoms with van der Waals surface area (Å²) in [7, 11) is 2.06. The van der Waals surface area contributed by atoms with Gasteiger partial charge < -0.3 is 15.0 Å². The Balaban J connectivity index is 1.72. The molecule has 1 unspecified atom stereocenters. The summed E-state index contributed by atoms with van der Waals surface area (Å²) >= 11 is 1.64. The van der Waals surface area contributed by atoms with E-state index in [0.717, 1.165) is 36.7 Å². The van der Waals surface area contributed by atoms with Crippen molar-refractivity contribution in [1.29, 1.82) is 0 Å². The summed E-state index contributed by atoms with van der Waals surface area (Å²) in [6, 6.07) is 7.90. The molecular weight excluding hydrogens is 296 g/mol. The lowest BCUT2D eigenvalue weighted by Gasteiger charge is -2.27. The van der Waals surface area contributed by atoms with E-state index in [0.29, 0.717) is 12.5 Å². The van der Waals surface area contributed by atoms with Crippen LogP contribution in [0.25, 0.3) is 0 Å². The average Bonchev–Trinajstić information content (AvgIpc) is 2.54. The van der Waals surface area contributed by atoms with E-state index in [4.69, 9.17) is 4.74 Å². The maximum atomic E-state index is 12.1. The predicted molar refractivity (Wildman–Crippen MR) is 92.6 cm³/mol. The van der Waals surface area contributed by atoms with Gasteiger partial charge in [-0.2, -0.15) is 0 Å². The number of hydrogen-bond acceptors (Lipinski definition) is 4. The van der Waals surface area contributed by atoms with Gasteiger partial charge in [0.05, 0.1) is 11.8 Å².